The van der Waals surface area contributed by atoms with Crippen molar-refractivity contribution in [3.05, 3.63) is 0 Å². The van der Waals surface area contributed by atoms with Crippen molar-refractivity contribution in [1.82, 2.24) is 5.32 Å². The Morgan fingerprint density at radius 2 is 2.11 bits per heavy atom. The van der Waals surface area contributed by atoms with Gasteiger partial charge in [-0.1, -0.05) is 0 Å². The molecule has 0 aliphatic carbocycles. The van der Waals surface area contributed by atoms with Crippen molar-refractivity contribution >= 4 is 0 Å². The first-order chi connectivity index (χ1) is 8.70. The lowest BCUT2D eigenvalue weighted by atomic mass is 9.89. The fraction of sp³-hybridized carbons (Fsp3) is 1.00. The largest absolute Gasteiger partial charge is 0.378 e. The quantitative estimate of drug-likeness (QED) is 0.829. The molecule has 1 spiro atoms. The van der Waals surface area contributed by atoms with E-state index in [9.17, 15) is 0 Å². The van der Waals surface area contributed by atoms with Gasteiger partial charge in [-0.2, -0.15) is 0 Å². The minimum Gasteiger partial charge on any atom is -0.378 e. The summed E-state index contributed by atoms with van der Waals surface area (Å²) in [6.07, 6.45) is 5.63. The van der Waals surface area contributed by atoms with Gasteiger partial charge in [0.15, 0.2) is 0 Å². The summed E-state index contributed by atoms with van der Waals surface area (Å²) in [5.41, 5.74) is 0.0605. The first-order valence-electron chi connectivity index (χ1n) is 7.29. The van der Waals surface area contributed by atoms with Crippen LogP contribution in [0, 0.1) is 0 Å². The van der Waals surface area contributed by atoms with Crippen LogP contribution in [-0.2, 0) is 14.2 Å². The molecule has 0 aromatic carbocycles. The van der Waals surface area contributed by atoms with Crippen LogP contribution in [0.4, 0.5) is 0 Å². The monoisotopic (exact) mass is 255 g/mol. The molecule has 0 aromatic rings. The molecule has 3 unspecified atom stereocenters. The van der Waals surface area contributed by atoms with E-state index in [1.165, 1.54) is 12.8 Å². The number of hydrogen-bond acceptors (Lipinski definition) is 4. The lowest BCUT2D eigenvalue weighted by Crippen LogP contribution is -2.50. The number of ether oxygens (including phenoxy) is 3. The number of rotatable bonds is 3. The van der Waals surface area contributed by atoms with Crippen LogP contribution in [-0.4, -0.2) is 50.2 Å². The second kappa shape index (κ2) is 5.08. The van der Waals surface area contributed by atoms with Crippen LogP contribution in [0.2, 0.25) is 0 Å². The number of hydrogen-bond donors (Lipinski definition) is 1. The van der Waals surface area contributed by atoms with Gasteiger partial charge in [0.2, 0.25) is 0 Å². The van der Waals surface area contributed by atoms with Gasteiger partial charge in [-0.15, -0.1) is 0 Å². The zero-order valence-corrected chi connectivity index (χ0v) is 11.4. The highest BCUT2D eigenvalue weighted by molar-refractivity contribution is 4.94. The van der Waals surface area contributed by atoms with Gasteiger partial charge in [0.05, 0.1) is 17.8 Å². The van der Waals surface area contributed by atoms with Crippen molar-refractivity contribution in [3.63, 3.8) is 0 Å². The molecule has 4 nitrogen and oxygen atoms in total. The number of nitrogens with one attached hydrogen (secondary N) is 1. The molecule has 3 aliphatic heterocycles. The summed E-state index contributed by atoms with van der Waals surface area (Å²) in [5.74, 6) is 0. The van der Waals surface area contributed by atoms with E-state index < -0.39 is 0 Å². The van der Waals surface area contributed by atoms with E-state index in [1.54, 1.807) is 0 Å². The molecular weight excluding hydrogens is 230 g/mol. The van der Waals surface area contributed by atoms with E-state index in [4.69, 9.17) is 14.2 Å². The maximum absolute atomic E-state index is 5.96. The van der Waals surface area contributed by atoms with E-state index in [0.29, 0.717) is 6.04 Å². The summed E-state index contributed by atoms with van der Waals surface area (Å²) in [6.45, 7) is 6.60. The normalized spacial score (nSPS) is 44.8. The molecule has 3 rings (SSSR count). The third-order valence-electron chi connectivity index (χ3n) is 4.63. The van der Waals surface area contributed by atoms with Crippen LogP contribution in [0.5, 0.6) is 0 Å². The van der Waals surface area contributed by atoms with Gasteiger partial charge in [0.1, 0.15) is 0 Å². The van der Waals surface area contributed by atoms with Crippen molar-refractivity contribution in [2.24, 2.45) is 0 Å². The van der Waals surface area contributed by atoms with Crippen molar-refractivity contribution in [3.8, 4) is 0 Å². The van der Waals surface area contributed by atoms with Crippen LogP contribution in [0.1, 0.15) is 39.0 Å². The van der Waals surface area contributed by atoms with Crippen molar-refractivity contribution in [2.75, 3.05) is 33.0 Å². The summed E-state index contributed by atoms with van der Waals surface area (Å²) in [5, 5.41) is 3.69. The van der Waals surface area contributed by atoms with E-state index in [1.807, 2.05) is 0 Å². The second-order valence-electron chi connectivity index (χ2n) is 6.31. The Balaban J connectivity index is 1.50. The summed E-state index contributed by atoms with van der Waals surface area (Å²) in [4.78, 5) is 0. The minimum absolute atomic E-state index is 0.00730. The van der Waals surface area contributed by atoms with Crippen molar-refractivity contribution < 1.29 is 14.2 Å². The Bertz CT molecular complexity index is 283. The van der Waals surface area contributed by atoms with Crippen LogP contribution in [0.25, 0.3) is 0 Å². The average molecular weight is 255 g/mol. The van der Waals surface area contributed by atoms with Gasteiger partial charge in [-0.25, -0.2) is 0 Å². The minimum atomic E-state index is 0.00730. The maximum Gasteiger partial charge on any atom is 0.0951 e. The molecule has 3 heterocycles. The predicted octanol–water partition coefficient (Wildman–Crippen LogP) is 1.48. The molecule has 3 atom stereocenters. The Kier molecular flexibility index (Phi) is 3.63. The molecule has 104 valence electrons. The molecule has 0 radical (unpaired) electrons. The highest BCUT2D eigenvalue weighted by Gasteiger charge is 2.41. The van der Waals surface area contributed by atoms with Gasteiger partial charge < -0.3 is 19.5 Å². The van der Waals surface area contributed by atoms with Gasteiger partial charge in [-0.05, 0) is 32.6 Å². The smallest absolute Gasteiger partial charge is 0.0951 e. The molecule has 3 aliphatic rings. The highest BCUT2D eigenvalue weighted by atomic mass is 16.6. The van der Waals surface area contributed by atoms with Crippen molar-refractivity contribution in [2.45, 2.75) is 56.3 Å². The average Bonchev–Trinajstić information content (AvgIpc) is 2.98. The molecule has 4 heteroatoms. The van der Waals surface area contributed by atoms with Crippen molar-refractivity contribution in [1.29, 1.82) is 0 Å². The van der Waals surface area contributed by atoms with Crippen LogP contribution < -0.4 is 5.32 Å². The van der Waals surface area contributed by atoms with Gasteiger partial charge >= 0.3 is 0 Å². The third-order valence-corrected chi connectivity index (χ3v) is 4.63. The molecule has 0 bridgehead atoms. The Labute approximate surface area is 109 Å². The molecule has 3 fully saturated rings. The molecule has 3 saturated heterocycles. The van der Waals surface area contributed by atoms with E-state index in [-0.39, 0.29) is 11.2 Å². The van der Waals surface area contributed by atoms with E-state index >= 15 is 0 Å². The first-order valence-corrected chi connectivity index (χ1v) is 7.29. The summed E-state index contributed by atoms with van der Waals surface area (Å²) < 4.78 is 17.3. The SMILES string of the molecule is CC1(CNC2CCOC3(CCOC3)C2)CCCO1. The fourth-order valence-electron chi connectivity index (χ4n) is 3.40. The standard InChI is InChI=1S/C14H25NO3/c1-13(4-2-6-17-13)10-15-12-3-7-18-14(9-12)5-8-16-11-14/h12,15H,2-11H2,1H3. The first kappa shape index (κ1) is 12.9. The highest BCUT2D eigenvalue weighted by Crippen LogP contribution is 2.33. The maximum atomic E-state index is 5.96. The Hall–Kier alpha value is -0.160. The topological polar surface area (TPSA) is 39.7 Å². The summed E-state index contributed by atoms with van der Waals surface area (Å²) in [7, 11) is 0. The Morgan fingerprint density at radius 1 is 1.17 bits per heavy atom. The molecule has 0 aromatic heterocycles. The van der Waals surface area contributed by atoms with Gasteiger partial charge in [0, 0.05) is 38.8 Å². The molecule has 0 saturated carbocycles. The molecule has 18 heavy (non-hydrogen) atoms. The van der Waals surface area contributed by atoms with E-state index in [2.05, 4.69) is 12.2 Å². The molecular formula is C14H25NO3. The lowest BCUT2D eigenvalue weighted by Gasteiger charge is -2.38. The zero-order valence-electron chi connectivity index (χ0n) is 11.4. The van der Waals surface area contributed by atoms with Gasteiger partial charge in [-0.3, -0.25) is 0 Å². The predicted molar refractivity (Wildman–Crippen MR) is 68.7 cm³/mol. The van der Waals surface area contributed by atoms with Crippen LogP contribution in [0.3, 0.4) is 0 Å². The fourth-order valence-corrected chi connectivity index (χ4v) is 3.40. The third kappa shape index (κ3) is 2.72. The van der Waals surface area contributed by atoms with Crippen LogP contribution in [0.15, 0.2) is 0 Å². The Morgan fingerprint density at radius 3 is 2.83 bits per heavy atom. The second-order valence-corrected chi connectivity index (χ2v) is 6.31. The summed E-state index contributed by atoms with van der Waals surface area (Å²) >= 11 is 0. The van der Waals surface area contributed by atoms with E-state index in [0.717, 1.165) is 52.2 Å². The summed E-state index contributed by atoms with van der Waals surface area (Å²) in [6, 6.07) is 0.557. The molecule has 1 N–H and O–H groups in total. The lowest BCUT2D eigenvalue weighted by molar-refractivity contribution is -0.0916. The molecule has 0 amide bonds. The zero-order chi connectivity index (χ0) is 12.5. The van der Waals surface area contributed by atoms with Gasteiger partial charge in [0.25, 0.3) is 0 Å². The van der Waals surface area contributed by atoms with Crippen LogP contribution >= 0.6 is 0 Å².